The van der Waals surface area contributed by atoms with E-state index in [1.165, 1.54) is 0 Å². The number of hydrogen-bond donors (Lipinski definition) is 3. The van der Waals surface area contributed by atoms with Gasteiger partial charge < -0.3 is 28.7 Å². The van der Waals surface area contributed by atoms with Crippen LogP contribution in [0.1, 0.15) is 33.0 Å². The van der Waals surface area contributed by atoms with Gasteiger partial charge in [-0.2, -0.15) is 0 Å². The minimum Gasteiger partial charge on any atom is -0.492 e. The Morgan fingerprint density at radius 3 is 2.69 bits per heavy atom. The Balaban J connectivity index is 1.05. The molecule has 1 fully saturated rings. The molecule has 0 radical (unpaired) electrons. The summed E-state index contributed by atoms with van der Waals surface area (Å²) >= 11 is 1.65. The Morgan fingerprint density at radius 2 is 1.93 bits per heavy atom. The molecular weight excluding hydrogens is 594 g/mol. The summed E-state index contributed by atoms with van der Waals surface area (Å²) in [6.07, 6.45) is 1.23. The maximum absolute atomic E-state index is 12.5. The molecule has 3 aromatic heterocycles. The van der Waals surface area contributed by atoms with Crippen LogP contribution in [0.15, 0.2) is 53.1 Å². The molecule has 2 aromatic carbocycles. The van der Waals surface area contributed by atoms with E-state index in [4.69, 9.17) is 24.9 Å². The molecule has 2 amide bonds. The molecule has 0 spiro atoms. The highest BCUT2D eigenvalue weighted by Crippen LogP contribution is 2.38. The summed E-state index contributed by atoms with van der Waals surface area (Å²) in [5.74, 6) is 7.84. The average Bonchev–Trinajstić information content (AvgIpc) is 3.79. The van der Waals surface area contributed by atoms with Gasteiger partial charge in [-0.1, -0.05) is 25.9 Å². The van der Waals surface area contributed by atoms with Crippen molar-refractivity contribution in [3.63, 3.8) is 0 Å². The maximum Gasteiger partial charge on any atom is 0.324 e. The number of benzene rings is 2. The lowest BCUT2D eigenvalue weighted by Gasteiger charge is -2.16. The Morgan fingerprint density at radius 1 is 1.11 bits per heavy atom. The number of hydrogen-bond acceptors (Lipinski definition) is 10. The number of anilines is 2. The van der Waals surface area contributed by atoms with Gasteiger partial charge in [-0.05, 0) is 48.9 Å². The normalized spacial score (nSPS) is 15.7. The molecule has 45 heavy (non-hydrogen) atoms. The number of aromatic nitrogens is 3. The molecule has 0 unspecified atom stereocenters. The number of nitrogens with two attached hydrogens (primary N) is 1. The van der Waals surface area contributed by atoms with E-state index in [2.05, 4.69) is 42.2 Å². The molecule has 13 heteroatoms. The molecule has 1 saturated heterocycles. The highest BCUT2D eigenvalue weighted by atomic mass is 32.1. The fourth-order valence-electron chi connectivity index (χ4n) is 5.44. The van der Waals surface area contributed by atoms with Gasteiger partial charge in [0.25, 0.3) is 0 Å². The summed E-state index contributed by atoms with van der Waals surface area (Å²) in [6.45, 7) is 10.3. The van der Waals surface area contributed by atoms with E-state index in [0.717, 1.165) is 63.6 Å². The zero-order valence-electron chi connectivity index (χ0n) is 26.0. The summed E-state index contributed by atoms with van der Waals surface area (Å²) in [7, 11) is 2.03. The topological polar surface area (TPSA) is 142 Å². The highest BCUT2D eigenvalue weighted by molar-refractivity contribution is 7.25. The van der Waals surface area contributed by atoms with Crippen LogP contribution in [0.25, 0.3) is 31.8 Å². The van der Waals surface area contributed by atoms with Crippen LogP contribution in [0.5, 0.6) is 5.75 Å². The van der Waals surface area contributed by atoms with Crippen LogP contribution in [0.2, 0.25) is 0 Å². The largest absolute Gasteiger partial charge is 0.492 e. The Hall–Kier alpha value is -4.01. The molecule has 1 atom stereocenters. The van der Waals surface area contributed by atoms with Crippen LogP contribution < -0.4 is 21.3 Å². The number of rotatable bonds is 11. The molecule has 4 N–H and O–H groups in total. The third kappa shape index (κ3) is 7.13. The Labute approximate surface area is 265 Å². The first-order chi connectivity index (χ1) is 21.7. The number of urea groups is 1. The minimum atomic E-state index is -0.395. The number of thiophene rings is 1. The summed E-state index contributed by atoms with van der Waals surface area (Å²) in [5, 5.41) is 10.6. The van der Waals surface area contributed by atoms with Crippen molar-refractivity contribution in [2.24, 2.45) is 12.9 Å². The smallest absolute Gasteiger partial charge is 0.324 e. The summed E-state index contributed by atoms with van der Waals surface area (Å²) in [6, 6.07) is 15.2. The van der Waals surface area contributed by atoms with E-state index in [9.17, 15) is 4.79 Å². The summed E-state index contributed by atoms with van der Waals surface area (Å²) in [5.41, 5.74) is 2.50. The van der Waals surface area contributed by atoms with Crippen LogP contribution in [0.4, 0.5) is 16.3 Å². The lowest BCUT2D eigenvalue weighted by molar-refractivity contribution is 0.00832. The third-order valence-corrected chi connectivity index (χ3v) is 8.87. The molecule has 0 bridgehead atoms. The fourth-order valence-corrected chi connectivity index (χ4v) is 6.57. The van der Waals surface area contributed by atoms with E-state index in [1.54, 1.807) is 17.4 Å². The predicted octanol–water partition coefficient (Wildman–Crippen LogP) is 5.74. The van der Waals surface area contributed by atoms with Crippen molar-refractivity contribution in [3.05, 3.63) is 54.3 Å². The van der Waals surface area contributed by atoms with Gasteiger partial charge in [0.1, 0.15) is 28.8 Å². The lowest BCUT2D eigenvalue weighted by atomic mass is 9.93. The molecule has 4 heterocycles. The van der Waals surface area contributed by atoms with Crippen molar-refractivity contribution in [3.8, 4) is 17.1 Å². The second kappa shape index (κ2) is 13.2. The van der Waals surface area contributed by atoms with Crippen LogP contribution in [0, 0.1) is 0 Å². The molecule has 0 aliphatic carbocycles. The standard InChI is InChI=1S/C32H39N7O5S/c1-32(2,3)26-18-27(37-44-26)35-31(40)34-21-7-5-20(6-8-21)29-36-30-28(38(29)4)24-10-9-22(17-25(24)45-30)41-14-13-39-12-11-23(19-39)42-15-16-43-33/h5-10,17-18,23H,11-16,19,33H2,1-4H3,(H2,34,35,37,40)/t23-/m1/s1. The molecule has 238 valence electrons. The van der Waals surface area contributed by atoms with Crippen LogP contribution in [0.3, 0.4) is 0 Å². The Kier molecular flexibility index (Phi) is 9.06. The third-order valence-electron chi connectivity index (χ3n) is 7.83. The molecule has 6 rings (SSSR count). The van der Waals surface area contributed by atoms with Gasteiger partial charge in [-0.3, -0.25) is 10.2 Å². The van der Waals surface area contributed by atoms with E-state index in [1.807, 2.05) is 58.2 Å². The SMILES string of the molecule is Cn1c(-c2ccc(NC(=O)Nc3cc(C(C)(C)C)on3)cc2)nc2sc3cc(OCCN4CC[C@@H](OCCON)C4)ccc3c21. The van der Waals surface area contributed by atoms with Crippen molar-refractivity contribution in [2.75, 3.05) is 50.1 Å². The van der Waals surface area contributed by atoms with E-state index in [-0.39, 0.29) is 11.5 Å². The van der Waals surface area contributed by atoms with Crippen molar-refractivity contribution in [2.45, 2.75) is 38.7 Å². The van der Waals surface area contributed by atoms with Gasteiger partial charge >= 0.3 is 6.03 Å². The van der Waals surface area contributed by atoms with Crippen LogP contribution in [-0.2, 0) is 22.0 Å². The number of imidazole rings is 1. The van der Waals surface area contributed by atoms with Gasteiger partial charge in [-0.25, -0.2) is 15.7 Å². The first kappa shape index (κ1) is 31.0. The summed E-state index contributed by atoms with van der Waals surface area (Å²) < 4.78 is 20.5. The first-order valence-electron chi connectivity index (χ1n) is 15.0. The van der Waals surface area contributed by atoms with E-state index < -0.39 is 6.03 Å². The Bertz CT molecular complexity index is 1770. The number of fused-ring (bicyclic) bond motifs is 3. The fraction of sp³-hybridized carbons (Fsp3) is 0.406. The predicted molar refractivity (Wildman–Crippen MR) is 176 cm³/mol. The highest BCUT2D eigenvalue weighted by Gasteiger charge is 2.23. The first-order valence-corrected chi connectivity index (χ1v) is 15.8. The van der Waals surface area contributed by atoms with Gasteiger partial charge in [-0.15, -0.1) is 11.3 Å². The van der Waals surface area contributed by atoms with Gasteiger partial charge in [0.2, 0.25) is 0 Å². The van der Waals surface area contributed by atoms with Gasteiger partial charge in [0.05, 0.1) is 24.8 Å². The van der Waals surface area contributed by atoms with Crippen LogP contribution in [-0.4, -0.2) is 71.2 Å². The quantitative estimate of drug-likeness (QED) is 0.123. The molecular formula is C32H39N7O5S. The number of aryl methyl sites for hydroxylation is 1. The lowest BCUT2D eigenvalue weighted by Crippen LogP contribution is -2.28. The number of nitrogens with one attached hydrogen (secondary N) is 2. The average molecular weight is 634 g/mol. The molecule has 0 saturated carbocycles. The van der Waals surface area contributed by atoms with Crippen LogP contribution >= 0.6 is 11.3 Å². The second-order valence-corrected chi connectivity index (χ2v) is 13.2. The number of amides is 2. The zero-order valence-corrected chi connectivity index (χ0v) is 26.8. The molecule has 1 aliphatic rings. The minimum absolute atomic E-state index is 0.196. The van der Waals surface area contributed by atoms with E-state index in [0.29, 0.717) is 37.1 Å². The van der Waals surface area contributed by atoms with E-state index >= 15 is 0 Å². The second-order valence-electron chi connectivity index (χ2n) is 12.2. The monoisotopic (exact) mass is 633 g/mol. The summed E-state index contributed by atoms with van der Waals surface area (Å²) in [4.78, 5) is 25.4. The maximum atomic E-state index is 12.5. The number of carbonyl (C=O) groups excluding carboxylic acids is 1. The van der Waals surface area contributed by atoms with Crippen molar-refractivity contribution < 1.29 is 23.6 Å². The molecule has 5 aromatic rings. The van der Waals surface area contributed by atoms with Crippen molar-refractivity contribution in [1.29, 1.82) is 0 Å². The van der Waals surface area contributed by atoms with Crippen molar-refractivity contribution in [1.82, 2.24) is 19.6 Å². The number of nitrogens with zero attached hydrogens (tertiary/aromatic N) is 4. The van der Waals surface area contributed by atoms with Crippen molar-refractivity contribution >= 4 is 49.3 Å². The number of likely N-dealkylation sites (tertiary alicyclic amines) is 1. The van der Waals surface area contributed by atoms with Gasteiger partial charge in [0, 0.05) is 59.5 Å². The van der Waals surface area contributed by atoms with Gasteiger partial charge in [0.15, 0.2) is 5.82 Å². The number of carbonyl (C=O) groups is 1. The number of ether oxygens (including phenoxy) is 2. The molecule has 12 nitrogen and oxygen atoms in total. The zero-order chi connectivity index (χ0) is 31.6. The molecule has 1 aliphatic heterocycles.